The van der Waals surface area contributed by atoms with Crippen molar-refractivity contribution in [2.45, 2.75) is 57.0 Å². The van der Waals surface area contributed by atoms with Crippen molar-refractivity contribution < 1.29 is 19.5 Å². The highest BCUT2D eigenvalue weighted by atomic mass is 16.4. The molecule has 1 aliphatic heterocycles. The van der Waals surface area contributed by atoms with E-state index in [1.807, 2.05) is 0 Å². The van der Waals surface area contributed by atoms with E-state index < -0.39 is 5.97 Å². The Balaban J connectivity index is 1.57. The van der Waals surface area contributed by atoms with Gasteiger partial charge in [-0.3, -0.25) is 14.5 Å². The summed E-state index contributed by atoms with van der Waals surface area (Å²) in [6.07, 6.45) is 7.63. The number of fused-ring (bicyclic) bond motifs is 1. The summed E-state index contributed by atoms with van der Waals surface area (Å²) in [4.78, 5) is 40.1. The number of carbonyl (C=O) groups is 3. The maximum absolute atomic E-state index is 12.9. The number of carboxylic acid groups (broad SMARTS) is 1. The van der Waals surface area contributed by atoms with Crippen molar-refractivity contribution in [1.29, 1.82) is 0 Å². The van der Waals surface area contributed by atoms with Gasteiger partial charge in [0.05, 0.1) is 23.5 Å². The minimum absolute atomic E-state index is 0.0300. The van der Waals surface area contributed by atoms with Gasteiger partial charge < -0.3 is 15.3 Å². The Morgan fingerprint density at radius 1 is 1.07 bits per heavy atom. The Morgan fingerprint density at radius 2 is 1.81 bits per heavy atom. The molecule has 7 heteroatoms. The first-order valence-corrected chi connectivity index (χ1v) is 9.78. The zero-order chi connectivity index (χ0) is 19.0. The van der Waals surface area contributed by atoms with Gasteiger partial charge in [-0.15, -0.1) is 0 Å². The molecule has 3 aliphatic rings. The lowest BCUT2D eigenvalue weighted by Gasteiger charge is -2.37. The SMILES string of the molecule is O=C(O)c1ccc2c(c1)N(C(=O)CNC1CCCCC1)CC(=O)N2C1CC1. The highest BCUT2D eigenvalue weighted by Crippen LogP contribution is 2.41. The molecule has 2 amide bonds. The topological polar surface area (TPSA) is 90.0 Å². The van der Waals surface area contributed by atoms with Gasteiger partial charge in [0.1, 0.15) is 6.54 Å². The van der Waals surface area contributed by atoms with E-state index in [-0.39, 0.29) is 36.5 Å². The number of rotatable bonds is 5. The number of carbonyl (C=O) groups excluding carboxylic acids is 2. The van der Waals surface area contributed by atoms with Gasteiger partial charge in [-0.25, -0.2) is 4.79 Å². The van der Waals surface area contributed by atoms with Gasteiger partial charge in [-0.05, 0) is 43.9 Å². The Morgan fingerprint density at radius 3 is 2.48 bits per heavy atom. The van der Waals surface area contributed by atoms with Crippen LogP contribution in [0.15, 0.2) is 18.2 Å². The first-order valence-electron chi connectivity index (χ1n) is 9.78. The molecule has 0 aromatic heterocycles. The fraction of sp³-hybridized carbons (Fsp3) is 0.550. The van der Waals surface area contributed by atoms with Crippen molar-refractivity contribution in [2.24, 2.45) is 0 Å². The lowest BCUT2D eigenvalue weighted by molar-refractivity contribution is -0.122. The third-order valence-corrected chi connectivity index (χ3v) is 5.69. The van der Waals surface area contributed by atoms with Gasteiger partial charge in [0.2, 0.25) is 11.8 Å². The molecule has 1 aromatic carbocycles. The van der Waals surface area contributed by atoms with Crippen LogP contribution >= 0.6 is 0 Å². The summed E-state index contributed by atoms with van der Waals surface area (Å²) in [7, 11) is 0. The largest absolute Gasteiger partial charge is 0.478 e. The Kier molecular flexibility index (Phi) is 4.86. The average molecular weight is 371 g/mol. The van der Waals surface area contributed by atoms with Crippen molar-refractivity contribution in [3.05, 3.63) is 23.8 Å². The van der Waals surface area contributed by atoms with Gasteiger partial charge in [0, 0.05) is 12.1 Å². The monoisotopic (exact) mass is 371 g/mol. The second kappa shape index (κ2) is 7.31. The van der Waals surface area contributed by atoms with Crippen molar-refractivity contribution in [2.75, 3.05) is 22.9 Å². The Hall–Kier alpha value is -2.41. The molecule has 4 rings (SSSR count). The van der Waals surface area contributed by atoms with Gasteiger partial charge in [0.25, 0.3) is 0 Å². The maximum atomic E-state index is 12.9. The molecule has 2 N–H and O–H groups in total. The zero-order valence-corrected chi connectivity index (χ0v) is 15.3. The maximum Gasteiger partial charge on any atom is 0.335 e. The van der Waals surface area contributed by atoms with Crippen molar-refractivity contribution in [3.63, 3.8) is 0 Å². The third kappa shape index (κ3) is 3.69. The average Bonchev–Trinajstić information content (AvgIpc) is 3.50. The van der Waals surface area contributed by atoms with Crippen LogP contribution in [0.25, 0.3) is 0 Å². The highest BCUT2D eigenvalue weighted by Gasteiger charge is 2.40. The number of hydrogen-bond donors (Lipinski definition) is 2. The second-order valence-electron chi connectivity index (χ2n) is 7.70. The molecule has 1 aromatic rings. The smallest absolute Gasteiger partial charge is 0.335 e. The fourth-order valence-electron chi connectivity index (χ4n) is 4.10. The van der Waals surface area contributed by atoms with Crippen LogP contribution in [-0.4, -0.2) is 48.1 Å². The molecule has 27 heavy (non-hydrogen) atoms. The molecule has 0 bridgehead atoms. The van der Waals surface area contributed by atoms with E-state index in [2.05, 4.69) is 5.32 Å². The van der Waals surface area contributed by atoms with Crippen LogP contribution in [0.1, 0.15) is 55.3 Å². The lowest BCUT2D eigenvalue weighted by atomic mass is 9.95. The van der Waals surface area contributed by atoms with Gasteiger partial charge in [0.15, 0.2) is 0 Å². The van der Waals surface area contributed by atoms with Crippen LogP contribution in [0.2, 0.25) is 0 Å². The summed E-state index contributed by atoms with van der Waals surface area (Å²) in [5.41, 5.74) is 1.29. The number of anilines is 2. The Bertz CT molecular complexity index is 768. The highest BCUT2D eigenvalue weighted by molar-refractivity contribution is 6.12. The number of carboxylic acids is 1. The molecule has 1 heterocycles. The lowest BCUT2D eigenvalue weighted by Crippen LogP contribution is -2.51. The fourth-order valence-corrected chi connectivity index (χ4v) is 4.10. The molecule has 2 aliphatic carbocycles. The molecule has 0 spiro atoms. The van der Waals surface area contributed by atoms with Crippen LogP contribution in [0, 0.1) is 0 Å². The predicted molar refractivity (Wildman–Crippen MR) is 101 cm³/mol. The normalized spacial score (nSPS) is 20.5. The van der Waals surface area contributed by atoms with Gasteiger partial charge >= 0.3 is 5.97 Å². The summed E-state index contributed by atoms with van der Waals surface area (Å²) in [6, 6.07) is 5.18. The number of hydrogen-bond acceptors (Lipinski definition) is 4. The number of nitrogens with one attached hydrogen (secondary N) is 1. The van der Waals surface area contributed by atoms with E-state index in [1.165, 1.54) is 36.3 Å². The molecule has 0 radical (unpaired) electrons. The first kappa shape index (κ1) is 18.0. The predicted octanol–water partition coefficient (Wildman–Crippen LogP) is 2.15. The van der Waals surface area contributed by atoms with Crippen LogP contribution in [0.3, 0.4) is 0 Å². The number of nitrogens with zero attached hydrogens (tertiary/aromatic N) is 2. The first-order chi connectivity index (χ1) is 13.0. The van der Waals surface area contributed by atoms with E-state index in [9.17, 15) is 19.5 Å². The summed E-state index contributed by atoms with van der Waals surface area (Å²) >= 11 is 0. The van der Waals surface area contributed by atoms with E-state index >= 15 is 0 Å². The Labute approximate surface area is 158 Å². The quantitative estimate of drug-likeness (QED) is 0.828. The van der Waals surface area contributed by atoms with Crippen molar-refractivity contribution >= 4 is 29.2 Å². The van der Waals surface area contributed by atoms with Crippen molar-refractivity contribution in [3.8, 4) is 0 Å². The number of aromatic carboxylic acids is 1. The minimum Gasteiger partial charge on any atom is -0.478 e. The summed E-state index contributed by atoms with van der Waals surface area (Å²) in [5.74, 6) is -1.33. The van der Waals surface area contributed by atoms with Gasteiger partial charge in [-0.1, -0.05) is 19.3 Å². The van der Waals surface area contributed by atoms with Crippen LogP contribution < -0.4 is 15.1 Å². The molecule has 144 valence electrons. The standard InChI is InChI=1S/C20H25N3O4/c24-18(11-21-14-4-2-1-3-5-14)22-12-19(25)23(15-7-8-15)16-9-6-13(20(26)27)10-17(16)22/h6,9-10,14-15,21H,1-5,7-8,11-12H2,(H,26,27). The molecular weight excluding hydrogens is 346 g/mol. The summed E-state index contributed by atoms with van der Waals surface area (Å²) < 4.78 is 0. The van der Waals surface area contributed by atoms with E-state index in [0.29, 0.717) is 17.4 Å². The number of amides is 2. The van der Waals surface area contributed by atoms with Gasteiger partial charge in [-0.2, -0.15) is 0 Å². The zero-order valence-electron chi connectivity index (χ0n) is 15.3. The van der Waals surface area contributed by atoms with Crippen molar-refractivity contribution in [1.82, 2.24) is 5.32 Å². The minimum atomic E-state index is -1.04. The molecule has 0 unspecified atom stereocenters. The summed E-state index contributed by atoms with van der Waals surface area (Å²) in [5, 5.41) is 12.6. The molecular formula is C20H25N3O4. The van der Waals surface area contributed by atoms with Crippen LogP contribution in [0.4, 0.5) is 11.4 Å². The van der Waals surface area contributed by atoms with E-state index in [0.717, 1.165) is 25.7 Å². The molecule has 2 fully saturated rings. The molecule has 7 nitrogen and oxygen atoms in total. The van der Waals surface area contributed by atoms with E-state index in [4.69, 9.17) is 0 Å². The van der Waals surface area contributed by atoms with Crippen LogP contribution in [0.5, 0.6) is 0 Å². The second-order valence-corrected chi connectivity index (χ2v) is 7.70. The van der Waals surface area contributed by atoms with Crippen LogP contribution in [-0.2, 0) is 9.59 Å². The van der Waals surface area contributed by atoms with E-state index in [1.54, 1.807) is 11.0 Å². The summed E-state index contributed by atoms with van der Waals surface area (Å²) in [6.45, 7) is 0.135. The third-order valence-electron chi connectivity index (χ3n) is 5.69. The molecule has 0 saturated heterocycles. The number of benzene rings is 1. The molecule has 2 saturated carbocycles. The molecule has 0 atom stereocenters.